The molecular formula is C12H7ClF2N2O4. The van der Waals surface area contributed by atoms with Crippen LogP contribution in [0.4, 0.5) is 13.6 Å². The third-order valence-corrected chi connectivity index (χ3v) is 3.38. The summed E-state index contributed by atoms with van der Waals surface area (Å²) in [6.45, 7) is 0. The van der Waals surface area contributed by atoms with Gasteiger partial charge in [-0.05, 0) is 6.07 Å². The fourth-order valence-electron chi connectivity index (χ4n) is 2.06. The molecule has 2 aromatic rings. The van der Waals surface area contributed by atoms with E-state index < -0.39 is 40.5 Å². The molecule has 1 aliphatic carbocycles. The van der Waals surface area contributed by atoms with Crippen molar-refractivity contribution in [3.63, 3.8) is 0 Å². The zero-order valence-electron chi connectivity index (χ0n) is 10.2. The summed E-state index contributed by atoms with van der Waals surface area (Å²) in [6, 6.07) is 0.375. The summed E-state index contributed by atoms with van der Waals surface area (Å²) in [5.74, 6) is -1.51. The van der Waals surface area contributed by atoms with Crippen molar-refractivity contribution in [2.24, 2.45) is 0 Å². The van der Waals surface area contributed by atoms with Gasteiger partial charge in [0.1, 0.15) is 11.8 Å². The van der Waals surface area contributed by atoms with Crippen LogP contribution in [0.3, 0.4) is 0 Å². The number of aromatic nitrogens is 2. The number of halogens is 3. The quantitative estimate of drug-likeness (QED) is 0.680. The minimum Gasteiger partial charge on any atom is -0.449 e. The van der Waals surface area contributed by atoms with Crippen molar-refractivity contribution in [2.75, 3.05) is 0 Å². The van der Waals surface area contributed by atoms with Crippen molar-refractivity contribution in [3.05, 3.63) is 33.5 Å². The zero-order chi connectivity index (χ0) is 15.3. The van der Waals surface area contributed by atoms with Gasteiger partial charge in [0.05, 0.1) is 22.6 Å². The largest absolute Gasteiger partial charge is 0.511 e. The van der Waals surface area contributed by atoms with E-state index in [1.54, 1.807) is 0 Å². The third-order valence-electron chi connectivity index (χ3n) is 3.12. The standard InChI is InChI=1S/C12H7ClF2N2O4/c13-5-1-4-9(18)8(21-12(19)20)3-17(7-2-6(7)14)11(4)16-10(5)15/h1,3,6-7H,2H2,(H,19,20)/t6-,7+/m0/s1. The lowest BCUT2D eigenvalue weighted by molar-refractivity contribution is 0.143. The summed E-state index contributed by atoms with van der Waals surface area (Å²) in [5, 5.41) is 8.08. The van der Waals surface area contributed by atoms with Crippen LogP contribution < -0.4 is 10.2 Å². The molecule has 110 valence electrons. The predicted octanol–water partition coefficient (Wildman–Crippen LogP) is 2.53. The molecule has 3 rings (SSSR count). The minimum atomic E-state index is -1.69. The van der Waals surface area contributed by atoms with Gasteiger partial charge in [-0.3, -0.25) is 4.79 Å². The number of nitrogens with zero attached hydrogens (tertiary/aromatic N) is 2. The first-order valence-corrected chi connectivity index (χ1v) is 6.22. The summed E-state index contributed by atoms with van der Waals surface area (Å²) in [7, 11) is 0. The van der Waals surface area contributed by atoms with Gasteiger partial charge in [0.2, 0.25) is 11.4 Å². The van der Waals surface area contributed by atoms with Crippen LogP contribution >= 0.6 is 11.6 Å². The molecule has 1 saturated carbocycles. The first-order valence-electron chi connectivity index (χ1n) is 5.84. The van der Waals surface area contributed by atoms with Crippen molar-refractivity contribution in [1.29, 1.82) is 0 Å². The zero-order valence-corrected chi connectivity index (χ0v) is 11.0. The SMILES string of the molecule is O=C(O)Oc1cn([C@@H]2C[C@@H]2F)c2nc(F)c(Cl)cc2c1=O. The fourth-order valence-corrected chi connectivity index (χ4v) is 2.21. The van der Waals surface area contributed by atoms with E-state index in [1.807, 2.05) is 0 Å². The van der Waals surface area contributed by atoms with Crippen LogP contribution in [0.5, 0.6) is 5.75 Å². The molecule has 0 unspecified atom stereocenters. The van der Waals surface area contributed by atoms with Crippen molar-refractivity contribution in [3.8, 4) is 5.75 Å². The molecule has 0 saturated heterocycles. The van der Waals surface area contributed by atoms with Gasteiger partial charge < -0.3 is 14.4 Å². The molecule has 0 bridgehead atoms. The lowest BCUT2D eigenvalue weighted by atomic mass is 10.2. The van der Waals surface area contributed by atoms with Gasteiger partial charge in [-0.15, -0.1) is 0 Å². The van der Waals surface area contributed by atoms with Crippen molar-refractivity contribution in [1.82, 2.24) is 9.55 Å². The van der Waals surface area contributed by atoms with E-state index in [0.29, 0.717) is 0 Å². The Hall–Kier alpha value is -2.22. The van der Waals surface area contributed by atoms with E-state index in [-0.39, 0.29) is 17.5 Å². The number of ether oxygens (including phenoxy) is 1. The Morgan fingerprint density at radius 3 is 2.81 bits per heavy atom. The molecule has 0 spiro atoms. The Balaban J connectivity index is 2.32. The molecular weight excluding hydrogens is 310 g/mol. The molecule has 2 heterocycles. The lowest BCUT2D eigenvalue weighted by Crippen LogP contribution is -2.17. The Bertz CT molecular complexity index is 823. The van der Waals surface area contributed by atoms with Crippen LogP contribution in [-0.2, 0) is 0 Å². The first-order chi connectivity index (χ1) is 9.88. The molecule has 0 aliphatic heterocycles. The maximum atomic E-state index is 13.5. The van der Waals surface area contributed by atoms with Crippen LogP contribution in [-0.4, -0.2) is 27.0 Å². The number of pyridine rings is 2. The molecule has 2 aromatic heterocycles. The van der Waals surface area contributed by atoms with Crippen molar-refractivity contribution >= 4 is 28.8 Å². The Morgan fingerprint density at radius 2 is 2.24 bits per heavy atom. The van der Waals surface area contributed by atoms with Crippen LogP contribution in [0.1, 0.15) is 12.5 Å². The summed E-state index contributed by atoms with van der Waals surface area (Å²) < 4.78 is 32.3. The van der Waals surface area contributed by atoms with Gasteiger partial charge in [0.25, 0.3) is 0 Å². The second-order valence-corrected chi connectivity index (χ2v) is 4.96. The number of hydrogen-bond acceptors (Lipinski definition) is 4. The molecule has 21 heavy (non-hydrogen) atoms. The first kappa shape index (κ1) is 13.7. The van der Waals surface area contributed by atoms with Gasteiger partial charge in [0.15, 0.2) is 5.75 Å². The molecule has 6 nitrogen and oxygen atoms in total. The molecule has 1 N–H and O–H groups in total. The normalized spacial score (nSPS) is 20.5. The molecule has 0 radical (unpaired) electrons. The smallest absolute Gasteiger partial charge is 0.449 e. The van der Waals surface area contributed by atoms with E-state index in [1.165, 1.54) is 4.57 Å². The van der Waals surface area contributed by atoms with E-state index in [0.717, 1.165) is 12.3 Å². The van der Waals surface area contributed by atoms with Crippen LogP contribution in [0, 0.1) is 5.95 Å². The average Bonchev–Trinajstić information content (AvgIpc) is 3.12. The average molecular weight is 317 g/mol. The number of carboxylic acid groups (broad SMARTS) is 1. The highest BCUT2D eigenvalue weighted by Gasteiger charge is 2.40. The second kappa shape index (κ2) is 4.66. The van der Waals surface area contributed by atoms with Gasteiger partial charge >= 0.3 is 6.16 Å². The summed E-state index contributed by atoms with van der Waals surface area (Å²) in [4.78, 5) is 26.2. The Kier molecular flexibility index (Phi) is 3.05. The topological polar surface area (TPSA) is 81.4 Å². The van der Waals surface area contributed by atoms with E-state index >= 15 is 0 Å². The molecule has 1 fully saturated rings. The summed E-state index contributed by atoms with van der Waals surface area (Å²) >= 11 is 5.58. The van der Waals surface area contributed by atoms with Gasteiger partial charge in [-0.1, -0.05) is 11.6 Å². The Morgan fingerprint density at radius 1 is 1.57 bits per heavy atom. The van der Waals surface area contributed by atoms with E-state index in [9.17, 15) is 18.4 Å². The molecule has 0 amide bonds. The van der Waals surface area contributed by atoms with Gasteiger partial charge in [-0.25, -0.2) is 9.18 Å². The van der Waals surface area contributed by atoms with Crippen LogP contribution in [0.25, 0.3) is 11.0 Å². The molecule has 9 heteroatoms. The van der Waals surface area contributed by atoms with Crippen LogP contribution in [0.15, 0.2) is 17.1 Å². The molecule has 2 atom stereocenters. The monoisotopic (exact) mass is 316 g/mol. The van der Waals surface area contributed by atoms with Crippen LogP contribution in [0.2, 0.25) is 5.02 Å². The molecule has 1 aliphatic rings. The van der Waals surface area contributed by atoms with Crippen molar-refractivity contribution < 1.29 is 23.4 Å². The number of carbonyl (C=O) groups is 1. The highest BCUT2D eigenvalue weighted by Crippen LogP contribution is 2.40. The maximum absolute atomic E-state index is 13.5. The number of alkyl halides is 1. The van der Waals surface area contributed by atoms with Gasteiger partial charge in [0, 0.05) is 6.42 Å². The Labute approximate surface area is 120 Å². The minimum absolute atomic E-state index is 0.107. The second-order valence-electron chi connectivity index (χ2n) is 4.55. The summed E-state index contributed by atoms with van der Waals surface area (Å²) in [5.41, 5.74) is -0.918. The van der Waals surface area contributed by atoms with Gasteiger partial charge in [-0.2, -0.15) is 9.37 Å². The third kappa shape index (κ3) is 2.31. The highest BCUT2D eigenvalue weighted by atomic mass is 35.5. The predicted molar refractivity (Wildman–Crippen MR) is 68.2 cm³/mol. The molecule has 0 aromatic carbocycles. The highest BCUT2D eigenvalue weighted by molar-refractivity contribution is 6.31. The number of fused-ring (bicyclic) bond motifs is 1. The number of hydrogen-bond donors (Lipinski definition) is 1. The maximum Gasteiger partial charge on any atom is 0.511 e. The van der Waals surface area contributed by atoms with E-state index in [2.05, 4.69) is 9.72 Å². The summed E-state index contributed by atoms with van der Waals surface area (Å²) in [6.07, 6.45) is -1.68. The number of rotatable bonds is 2. The fraction of sp³-hybridized carbons (Fsp3) is 0.250. The lowest BCUT2D eigenvalue weighted by Gasteiger charge is -2.11. The van der Waals surface area contributed by atoms with E-state index in [4.69, 9.17) is 16.7 Å². The van der Waals surface area contributed by atoms with Crippen molar-refractivity contribution in [2.45, 2.75) is 18.6 Å².